The summed E-state index contributed by atoms with van der Waals surface area (Å²) in [5, 5.41) is 3.16. The maximum Gasteiger partial charge on any atom is 0.317 e. The Labute approximate surface area is 187 Å². The molecular weight excluding hydrogens is 386 g/mol. The Morgan fingerprint density at radius 3 is 2.42 bits per heavy atom. The molecule has 3 aliphatic rings. The third-order valence-electron chi connectivity index (χ3n) is 7.58. The van der Waals surface area contributed by atoms with Crippen LogP contribution in [-0.4, -0.2) is 47.4 Å². The first-order valence-corrected chi connectivity index (χ1v) is 12.1. The SMILES string of the molecule is CN(Cc1ccc(C(=O)N2CC3(C)CC2CC(C)(C)C3)cc1)C(=O)NC1CCCCC1. The summed E-state index contributed by atoms with van der Waals surface area (Å²) in [5.41, 5.74) is 2.36. The van der Waals surface area contributed by atoms with E-state index in [9.17, 15) is 9.59 Å². The van der Waals surface area contributed by atoms with E-state index in [1.54, 1.807) is 4.90 Å². The third kappa shape index (κ3) is 5.07. The summed E-state index contributed by atoms with van der Waals surface area (Å²) >= 11 is 0. The Morgan fingerprint density at radius 2 is 1.74 bits per heavy atom. The molecule has 4 rings (SSSR count). The lowest BCUT2D eigenvalue weighted by atomic mass is 9.65. The van der Waals surface area contributed by atoms with Gasteiger partial charge in [0.1, 0.15) is 0 Å². The highest BCUT2D eigenvalue weighted by atomic mass is 16.2. The molecule has 3 fully saturated rings. The molecule has 5 heteroatoms. The van der Waals surface area contributed by atoms with Crippen LogP contribution in [0.3, 0.4) is 0 Å². The monoisotopic (exact) mass is 425 g/mol. The maximum absolute atomic E-state index is 13.3. The molecule has 2 saturated carbocycles. The van der Waals surface area contributed by atoms with Crippen LogP contribution >= 0.6 is 0 Å². The molecule has 0 aromatic heterocycles. The number of nitrogens with zero attached hydrogens (tertiary/aromatic N) is 2. The van der Waals surface area contributed by atoms with E-state index in [1.165, 1.54) is 25.7 Å². The van der Waals surface area contributed by atoms with Gasteiger partial charge in [-0.2, -0.15) is 0 Å². The Morgan fingerprint density at radius 1 is 1.06 bits per heavy atom. The van der Waals surface area contributed by atoms with Crippen molar-refractivity contribution in [3.8, 4) is 0 Å². The Kier molecular flexibility index (Phi) is 6.06. The Hall–Kier alpha value is -2.04. The molecule has 2 atom stereocenters. The van der Waals surface area contributed by atoms with Crippen LogP contribution in [0.5, 0.6) is 0 Å². The smallest absolute Gasteiger partial charge is 0.317 e. The van der Waals surface area contributed by atoms with Gasteiger partial charge >= 0.3 is 6.03 Å². The second kappa shape index (κ2) is 8.48. The highest BCUT2D eigenvalue weighted by Crippen LogP contribution is 2.52. The lowest BCUT2D eigenvalue weighted by Crippen LogP contribution is -2.43. The molecule has 0 spiro atoms. The van der Waals surface area contributed by atoms with E-state index >= 15 is 0 Å². The van der Waals surface area contributed by atoms with Gasteiger partial charge in [-0.3, -0.25) is 4.79 Å². The summed E-state index contributed by atoms with van der Waals surface area (Å²) in [4.78, 5) is 29.6. The topological polar surface area (TPSA) is 52.7 Å². The molecule has 31 heavy (non-hydrogen) atoms. The molecule has 170 valence electrons. The van der Waals surface area contributed by atoms with E-state index in [0.29, 0.717) is 24.0 Å². The van der Waals surface area contributed by atoms with Crippen LogP contribution in [0, 0.1) is 10.8 Å². The fourth-order valence-corrected chi connectivity index (χ4v) is 6.49. The zero-order valence-electron chi connectivity index (χ0n) is 19.7. The molecule has 1 N–H and O–H groups in total. The van der Waals surface area contributed by atoms with Gasteiger partial charge in [-0.05, 0) is 60.6 Å². The van der Waals surface area contributed by atoms with Crippen molar-refractivity contribution < 1.29 is 9.59 Å². The first kappa shape index (κ1) is 22.2. The largest absolute Gasteiger partial charge is 0.335 e. The zero-order chi connectivity index (χ0) is 22.2. The van der Waals surface area contributed by atoms with Gasteiger partial charge < -0.3 is 15.1 Å². The number of hydrogen-bond donors (Lipinski definition) is 1. The van der Waals surface area contributed by atoms with Gasteiger partial charge in [-0.15, -0.1) is 0 Å². The molecule has 3 amide bonds. The summed E-state index contributed by atoms with van der Waals surface area (Å²) in [6.45, 7) is 8.42. The molecule has 2 unspecified atom stereocenters. The average molecular weight is 426 g/mol. The molecule has 0 radical (unpaired) electrons. The van der Waals surface area contributed by atoms with Crippen LogP contribution in [0.1, 0.15) is 88.1 Å². The van der Waals surface area contributed by atoms with E-state index in [2.05, 4.69) is 31.0 Å². The summed E-state index contributed by atoms with van der Waals surface area (Å²) in [6, 6.07) is 8.51. The summed E-state index contributed by atoms with van der Waals surface area (Å²) in [6.07, 6.45) is 9.27. The third-order valence-corrected chi connectivity index (χ3v) is 7.58. The van der Waals surface area contributed by atoms with Gasteiger partial charge in [0, 0.05) is 37.8 Å². The highest BCUT2D eigenvalue weighted by Gasteiger charge is 2.51. The van der Waals surface area contributed by atoms with Crippen molar-refractivity contribution in [2.45, 2.75) is 90.8 Å². The predicted molar refractivity (Wildman–Crippen MR) is 124 cm³/mol. The van der Waals surface area contributed by atoms with Crippen LogP contribution < -0.4 is 5.32 Å². The molecule has 1 aromatic rings. The number of likely N-dealkylation sites (tertiary alicyclic amines) is 1. The molecule has 1 aromatic carbocycles. The number of urea groups is 1. The van der Waals surface area contributed by atoms with E-state index in [0.717, 1.165) is 43.4 Å². The first-order valence-electron chi connectivity index (χ1n) is 12.1. The molecule has 1 heterocycles. The number of carbonyl (C=O) groups excluding carboxylic acids is 2. The lowest BCUT2D eigenvalue weighted by molar-refractivity contribution is 0.0708. The van der Waals surface area contributed by atoms with Crippen molar-refractivity contribution in [1.29, 1.82) is 0 Å². The van der Waals surface area contributed by atoms with Crippen molar-refractivity contribution in [2.75, 3.05) is 13.6 Å². The van der Waals surface area contributed by atoms with Crippen molar-refractivity contribution in [3.63, 3.8) is 0 Å². The van der Waals surface area contributed by atoms with E-state index < -0.39 is 0 Å². The van der Waals surface area contributed by atoms with Gasteiger partial charge in [-0.25, -0.2) is 4.79 Å². The minimum Gasteiger partial charge on any atom is -0.335 e. The molecule has 2 bridgehead atoms. The number of amides is 3. The van der Waals surface area contributed by atoms with Crippen molar-refractivity contribution in [2.24, 2.45) is 10.8 Å². The summed E-state index contributed by atoms with van der Waals surface area (Å²) in [5.74, 6) is 0.154. The number of hydrogen-bond acceptors (Lipinski definition) is 2. The second-order valence-electron chi connectivity index (χ2n) is 11.5. The number of benzene rings is 1. The fraction of sp³-hybridized carbons (Fsp3) is 0.692. The molecular formula is C26H39N3O2. The van der Waals surface area contributed by atoms with Gasteiger partial charge in [0.25, 0.3) is 5.91 Å². The van der Waals surface area contributed by atoms with Crippen molar-refractivity contribution in [3.05, 3.63) is 35.4 Å². The number of carbonyl (C=O) groups is 2. The van der Waals surface area contributed by atoms with Crippen LogP contribution in [0.25, 0.3) is 0 Å². The molecule has 1 saturated heterocycles. The van der Waals surface area contributed by atoms with Gasteiger partial charge in [0.15, 0.2) is 0 Å². The van der Waals surface area contributed by atoms with Crippen LogP contribution in [0.15, 0.2) is 24.3 Å². The van der Waals surface area contributed by atoms with E-state index in [4.69, 9.17) is 0 Å². The number of fused-ring (bicyclic) bond motifs is 2. The minimum absolute atomic E-state index is 0.00717. The Bertz CT molecular complexity index is 812. The zero-order valence-corrected chi connectivity index (χ0v) is 19.7. The molecule has 5 nitrogen and oxygen atoms in total. The fourth-order valence-electron chi connectivity index (χ4n) is 6.49. The first-order chi connectivity index (χ1) is 14.6. The average Bonchev–Trinajstić information content (AvgIpc) is 2.97. The van der Waals surface area contributed by atoms with Crippen molar-refractivity contribution >= 4 is 11.9 Å². The number of nitrogens with one attached hydrogen (secondary N) is 1. The predicted octanol–water partition coefficient (Wildman–Crippen LogP) is 5.20. The normalized spacial score (nSPS) is 27.7. The summed E-state index contributed by atoms with van der Waals surface area (Å²) in [7, 11) is 1.84. The van der Waals surface area contributed by atoms with E-state index in [-0.39, 0.29) is 17.4 Å². The van der Waals surface area contributed by atoms with Gasteiger partial charge in [-0.1, -0.05) is 52.2 Å². The van der Waals surface area contributed by atoms with Crippen molar-refractivity contribution in [1.82, 2.24) is 15.1 Å². The van der Waals surface area contributed by atoms with Gasteiger partial charge in [0.05, 0.1) is 0 Å². The quantitative estimate of drug-likeness (QED) is 0.721. The Balaban J connectivity index is 1.35. The molecule has 2 aliphatic carbocycles. The summed E-state index contributed by atoms with van der Waals surface area (Å²) < 4.78 is 0. The van der Waals surface area contributed by atoms with Crippen LogP contribution in [-0.2, 0) is 6.54 Å². The lowest BCUT2D eigenvalue weighted by Gasteiger charge is -2.39. The maximum atomic E-state index is 13.3. The van der Waals surface area contributed by atoms with Crippen LogP contribution in [0.4, 0.5) is 4.79 Å². The van der Waals surface area contributed by atoms with Crippen LogP contribution in [0.2, 0.25) is 0 Å². The number of rotatable bonds is 4. The van der Waals surface area contributed by atoms with E-state index in [1.807, 2.05) is 31.3 Å². The molecule has 1 aliphatic heterocycles. The minimum atomic E-state index is -0.00717. The van der Waals surface area contributed by atoms with Gasteiger partial charge in [0.2, 0.25) is 0 Å². The second-order valence-corrected chi connectivity index (χ2v) is 11.5. The standard InChI is InChI=1S/C26H39N3O2/c1-25(2)14-22-15-26(3,17-25)18-29(22)23(30)20-12-10-19(11-13-20)16-28(4)24(31)27-21-8-6-5-7-9-21/h10-13,21-22H,5-9,14-18H2,1-4H3,(H,27,31). The highest BCUT2D eigenvalue weighted by molar-refractivity contribution is 5.94.